The summed E-state index contributed by atoms with van der Waals surface area (Å²) in [6, 6.07) is 4.13. The zero-order valence-electron chi connectivity index (χ0n) is 10.3. The van der Waals surface area contributed by atoms with Crippen LogP contribution < -0.4 is 10.6 Å². The molecule has 2 N–H and O–H groups in total. The number of nitrogens with zero attached hydrogens (tertiary/aromatic N) is 2. The van der Waals surface area contributed by atoms with Gasteiger partial charge in [0.05, 0.1) is 5.56 Å². The van der Waals surface area contributed by atoms with Crippen LogP contribution >= 0.6 is 0 Å². The fourth-order valence-corrected chi connectivity index (χ4v) is 1.52. The van der Waals surface area contributed by atoms with Gasteiger partial charge in [-0.3, -0.25) is 0 Å². The first kappa shape index (κ1) is 14.0. The number of rotatable bonds is 3. The molecule has 0 radical (unpaired) electrons. The average molecular weight is 286 g/mol. The lowest BCUT2D eigenvalue weighted by Crippen LogP contribution is -2.09. The average Bonchev–Trinajstić information content (AvgIpc) is 2.40. The Kier molecular flexibility index (Phi) is 3.73. The zero-order chi connectivity index (χ0) is 14.8. The van der Waals surface area contributed by atoms with E-state index in [0.717, 1.165) is 6.07 Å². The minimum Gasteiger partial charge on any atom is -0.357 e. The highest BCUT2D eigenvalue weighted by Crippen LogP contribution is 2.33. The molecule has 2 aromatic rings. The Bertz CT molecular complexity index is 613. The fraction of sp³-hybridized carbons (Fsp3) is 0.167. The summed E-state index contributed by atoms with van der Waals surface area (Å²) < 4.78 is 50.9. The largest absolute Gasteiger partial charge is 0.419 e. The maximum absolute atomic E-state index is 13.1. The van der Waals surface area contributed by atoms with Crippen LogP contribution in [0, 0.1) is 5.82 Å². The number of hydrogen-bond donors (Lipinski definition) is 2. The molecule has 1 aromatic heterocycles. The molecule has 4 nitrogen and oxygen atoms in total. The minimum absolute atomic E-state index is 0.0829. The van der Waals surface area contributed by atoms with Gasteiger partial charge in [-0.1, -0.05) is 0 Å². The summed E-state index contributed by atoms with van der Waals surface area (Å²) in [7, 11) is 1.61. The maximum atomic E-state index is 13.1. The fourth-order valence-electron chi connectivity index (χ4n) is 1.52. The second-order valence-corrected chi connectivity index (χ2v) is 3.83. The Morgan fingerprint density at radius 3 is 2.55 bits per heavy atom. The smallest absolute Gasteiger partial charge is 0.357 e. The Morgan fingerprint density at radius 2 is 1.90 bits per heavy atom. The van der Waals surface area contributed by atoms with Crippen molar-refractivity contribution in [3.05, 3.63) is 41.8 Å². The number of benzene rings is 1. The standard InChI is InChI=1S/C12H10F4N4/c1-17-11-18-5-4-10(20-11)19-7-2-3-9(13)8(6-7)12(14,15)16/h2-6H,1H3,(H2,17,18,19,20). The predicted molar refractivity (Wildman–Crippen MR) is 66.3 cm³/mol. The third-order valence-electron chi connectivity index (χ3n) is 2.42. The van der Waals surface area contributed by atoms with Crippen LogP contribution in [0.25, 0.3) is 0 Å². The lowest BCUT2D eigenvalue weighted by molar-refractivity contribution is -0.139. The lowest BCUT2D eigenvalue weighted by atomic mass is 10.2. The molecule has 0 saturated carbocycles. The van der Waals surface area contributed by atoms with Crippen LogP contribution in [0.4, 0.5) is 35.0 Å². The number of aromatic nitrogens is 2. The first-order chi connectivity index (χ1) is 9.40. The third-order valence-corrected chi connectivity index (χ3v) is 2.42. The topological polar surface area (TPSA) is 49.8 Å². The van der Waals surface area contributed by atoms with E-state index in [1.807, 2.05) is 0 Å². The summed E-state index contributed by atoms with van der Waals surface area (Å²) in [6.07, 6.45) is -3.31. The van der Waals surface area contributed by atoms with E-state index >= 15 is 0 Å². The number of nitrogens with one attached hydrogen (secondary N) is 2. The molecule has 106 valence electrons. The third kappa shape index (κ3) is 3.14. The maximum Gasteiger partial charge on any atom is 0.419 e. The molecule has 0 bridgehead atoms. The first-order valence-corrected chi connectivity index (χ1v) is 5.54. The van der Waals surface area contributed by atoms with Crippen molar-refractivity contribution < 1.29 is 17.6 Å². The lowest BCUT2D eigenvalue weighted by Gasteiger charge is -2.11. The van der Waals surface area contributed by atoms with Crippen molar-refractivity contribution >= 4 is 17.5 Å². The molecule has 0 atom stereocenters. The van der Waals surface area contributed by atoms with Crippen molar-refractivity contribution in [3.63, 3.8) is 0 Å². The molecule has 0 amide bonds. The molecule has 0 unspecified atom stereocenters. The van der Waals surface area contributed by atoms with Crippen LogP contribution in [0.3, 0.4) is 0 Å². The number of hydrogen-bond acceptors (Lipinski definition) is 4. The normalized spacial score (nSPS) is 11.2. The Labute approximate surface area is 111 Å². The van der Waals surface area contributed by atoms with Gasteiger partial charge in [0.2, 0.25) is 5.95 Å². The van der Waals surface area contributed by atoms with Gasteiger partial charge < -0.3 is 10.6 Å². The van der Waals surface area contributed by atoms with Crippen LogP contribution in [0.1, 0.15) is 5.56 Å². The molecule has 1 aromatic carbocycles. The Morgan fingerprint density at radius 1 is 1.15 bits per heavy atom. The Balaban J connectivity index is 2.30. The highest BCUT2D eigenvalue weighted by molar-refractivity contribution is 5.58. The zero-order valence-corrected chi connectivity index (χ0v) is 10.3. The highest BCUT2D eigenvalue weighted by atomic mass is 19.4. The van der Waals surface area contributed by atoms with Crippen LogP contribution in [-0.4, -0.2) is 17.0 Å². The van der Waals surface area contributed by atoms with E-state index in [-0.39, 0.29) is 5.69 Å². The van der Waals surface area contributed by atoms with Crippen molar-refractivity contribution in [1.82, 2.24) is 9.97 Å². The molecule has 20 heavy (non-hydrogen) atoms. The summed E-state index contributed by atoms with van der Waals surface area (Å²) in [5, 5.41) is 5.36. The van der Waals surface area contributed by atoms with Gasteiger partial charge in [-0.15, -0.1) is 0 Å². The molecule has 2 rings (SSSR count). The molecular formula is C12H10F4N4. The van der Waals surface area contributed by atoms with Gasteiger partial charge in [0.25, 0.3) is 0 Å². The second kappa shape index (κ2) is 5.32. The van der Waals surface area contributed by atoms with E-state index in [1.54, 1.807) is 7.05 Å². The Hall–Kier alpha value is -2.38. The van der Waals surface area contributed by atoms with Crippen LogP contribution in [0.2, 0.25) is 0 Å². The summed E-state index contributed by atoms with van der Waals surface area (Å²) in [6.45, 7) is 0. The number of anilines is 3. The molecule has 0 aliphatic rings. The molecule has 1 heterocycles. The van der Waals surface area contributed by atoms with E-state index in [0.29, 0.717) is 17.8 Å². The molecule has 0 aliphatic carbocycles. The van der Waals surface area contributed by atoms with Gasteiger partial charge in [0, 0.05) is 18.9 Å². The van der Waals surface area contributed by atoms with E-state index in [9.17, 15) is 17.6 Å². The van der Waals surface area contributed by atoms with E-state index in [4.69, 9.17) is 0 Å². The van der Waals surface area contributed by atoms with E-state index in [1.165, 1.54) is 18.3 Å². The van der Waals surface area contributed by atoms with Crippen molar-refractivity contribution in [2.24, 2.45) is 0 Å². The molecule has 0 spiro atoms. The first-order valence-electron chi connectivity index (χ1n) is 5.54. The minimum atomic E-state index is -4.75. The van der Waals surface area contributed by atoms with Gasteiger partial charge in [0.15, 0.2) is 0 Å². The van der Waals surface area contributed by atoms with Crippen molar-refractivity contribution in [1.29, 1.82) is 0 Å². The predicted octanol–water partition coefficient (Wildman–Crippen LogP) is 3.42. The van der Waals surface area contributed by atoms with Crippen LogP contribution in [-0.2, 0) is 6.18 Å². The SMILES string of the molecule is CNc1nccc(Nc2ccc(F)c(C(F)(F)F)c2)n1. The highest BCUT2D eigenvalue weighted by Gasteiger charge is 2.34. The second-order valence-electron chi connectivity index (χ2n) is 3.83. The summed E-state index contributed by atoms with van der Waals surface area (Å²) in [5.41, 5.74) is -1.25. The van der Waals surface area contributed by atoms with Crippen LogP contribution in [0.5, 0.6) is 0 Å². The van der Waals surface area contributed by atoms with Gasteiger partial charge in [0.1, 0.15) is 11.6 Å². The molecule has 0 aliphatic heterocycles. The van der Waals surface area contributed by atoms with Crippen molar-refractivity contribution in [3.8, 4) is 0 Å². The van der Waals surface area contributed by atoms with Crippen LogP contribution in [0.15, 0.2) is 30.5 Å². The molecule has 8 heteroatoms. The summed E-state index contributed by atoms with van der Waals surface area (Å²) >= 11 is 0. The quantitative estimate of drug-likeness (QED) is 0.849. The number of halogens is 4. The molecule has 0 fully saturated rings. The van der Waals surface area contributed by atoms with Gasteiger partial charge in [-0.2, -0.15) is 18.2 Å². The van der Waals surface area contributed by atoms with Gasteiger partial charge in [-0.05, 0) is 24.3 Å². The van der Waals surface area contributed by atoms with Gasteiger partial charge >= 0.3 is 6.18 Å². The van der Waals surface area contributed by atoms with Crippen molar-refractivity contribution in [2.75, 3.05) is 17.7 Å². The molecular weight excluding hydrogens is 276 g/mol. The molecule has 0 saturated heterocycles. The summed E-state index contributed by atoms with van der Waals surface area (Å²) in [4.78, 5) is 7.86. The van der Waals surface area contributed by atoms with Crippen molar-refractivity contribution in [2.45, 2.75) is 6.18 Å². The monoisotopic (exact) mass is 286 g/mol. The number of alkyl halides is 3. The van der Waals surface area contributed by atoms with E-state index in [2.05, 4.69) is 20.6 Å². The van der Waals surface area contributed by atoms with E-state index < -0.39 is 17.6 Å². The summed E-state index contributed by atoms with van der Waals surface area (Å²) in [5.74, 6) is -0.709. The van der Waals surface area contributed by atoms with Gasteiger partial charge in [-0.25, -0.2) is 9.37 Å².